The van der Waals surface area contributed by atoms with Crippen molar-refractivity contribution in [2.45, 2.75) is 39.2 Å². The van der Waals surface area contributed by atoms with E-state index in [1.165, 1.54) is 0 Å². The first kappa shape index (κ1) is 15.8. The molecule has 118 valence electrons. The lowest BCUT2D eigenvalue weighted by atomic mass is 10.1. The van der Waals surface area contributed by atoms with Gasteiger partial charge in [-0.05, 0) is 26.2 Å². The van der Waals surface area contributed by atoms with Gasteiger partial charge in [0.1, 0.15) is 6.33 Å². The van der Waals surface area contributed by atoms with Crippen LogP contribution in [0.25, 0.3) is 0 Å². The summed E-state index contributed by atoms with van der Waals surface area (Å²) in [7, 11) is 1.67. The Morgan fingerprint density at radius 3 is 2.67 bits per heavy atom. The average Bonchev–Trinajstić information content (AvgIpc) is 2.53. The fourth-order valence-electron chi connectivity index (χ4n) is 2.62. The minimum Gasteiger partial charge on any atom is -0.490 e. The largest absolute Gasteiger partial charge is 0.490 e. The molecule has 0 saturated carbocycles. The quantitative estimate of drug-likeness (QED) is 0.833. The van der Waals surface area contributed by atoms with E-state index >= 15 is 0 Å². The second kappa shape index (κ2) is 8.02. The molecule has 6 heteroatoms. The Hall–Kier alpha value is -1.56. The molecule has 1 aromatic heterocycles. The predicted molar refractivity (Wildman–Crippen MR) is 84.2 cm³/mol. The Kier molecular flexibility index (Phi) is 6.04. The van der Waals surface area contributed by atoms with Crippen LogP contribution in [0, 0.1) is 0 Å². The maximum absolute atomic E-state index is 5.70. The Bertz CT molecular complexity index is 434. The van der Waals surface area contributed by atoms with Crippen molar-refractivity contribution in [1.82, 2.24) is 9.97 Å². The van der Waals surface area contributed by atoms with E-state index in [2.05, 4.69) is 27.1 Å². The van der Waals surface area contributed by atoms with Crippen LogP contribution in [0.15, 0.2) is 6.33 Å². The van der Waals surface area contributed by atoms with Gasteiger partial charge in [-0.2, -0.15) is 0 Å². The highest BCUT2D eigenvalue weighted by molar-refractivity contribution is 5.64. The minimum absolute atomic E-state index is 0.372. The van der Waals surface area contributed by atoms with E-state index in [0.29, 0.717) is 6.10 Å². The maximum atomic E-state index is 5.70. The standard InChI is InChI=1S/C15H26N4O2/c1-4-8-16-14-13(20-3)15(18-11-17-14)19-9-6-12(7-10-19)21-5-2/h11-12H,4-10H2,1-3H3,(H,16,17,18). The first-order valence-electron chi connectivity index (χ1n) is 7.79. The highest BCUT2D eigenvalue weighted by atomic mass is 16.5. The molecule has 1 aliphatic rings. The van der Waals surface area contributed by atoms with Gasteiger partial charge in [0.2, 0.25) is 5.75 Å². The lowest BCUT2D eigenvalue weighted by molar-refractivity contribution is 0.0458. The van der Waals surface area contributed by atoms with Crippen LogP contribution < -0.4 is 15.0 Å². The van der Waals surface area contributed by atoms with E-state index in [1.807, 2.05) is 6.92 Å². The molecule has 1 aliphatic heterocycles. The molecule has 0 aromatic carbocycles. The lowest BCUT2D eigenvalue weighted by Gasteiger charge is -2.33. The van der Waals surface area contributed by atoms with E-state index in [9.17, 15) is 0 Å². The fourth-order valence-corrected chi connectivity index (χ4v) is 2.62. The molecule has 0 bridgehead atoms. The molecule has 1 N–H and O–H groups in total. The Morgan fingerprint density at radius 2 is 2.05 bits per heavy atom. The van der Waals surface area contributed by atoms with Crippen molar-refractivity contribution in [1.29, 1.82) is 0 Å². The monoisotopic (exact) mass is 294 g/mol. The molecule has 0 radical (unpaired) electrons. The molecule has 6 nitrogen and oxygen atoms in total. The van der Waals surface area contributed by atoms with Gasteiger partial charge in [0.15, 0.2) is 11.6 Å². The second-order valence-electron chi connectivity index (χ2n) is 5.15. The Morgan fingerprint density at radius 1 is 1.29 bits per heavy atom. The van der Waals surface area contributed by atoms with Crippen LogP contribution >= 0.6 is 0 Å². The van der Waals surface area contributed by atoms with Crippen LogP contribution in [0.1, 0.15) is 33.1 Å². The van der Waals surface area contributed by atoms with E-state index in [-0.39, 0.29) is 0 Å². The van der Waals surface area contributed by atoms with Crippen molar-refractivity contribution >= 4 is 11.6 Å². The van der Waals surface area contributed by atoms with Gasteiger partial charge in [-0.25, -0.2) is 9.97 Å². The molecule has 2 rings (SSSR count). The molecule has 0 atom stereocenters. The van der Waals surface area contributed by atoms with Gasteiger partial charge in [-0.3, -0.25) is 0 Å². The molecule has 1 saturated heterocycles. The summed E-state index contributed by atoms with van der Waals surface area (Å²) < 4.78 is 11.2. The average molecular weight is 294 g/mol. The van der Waals surface area contributed by atoms with Crippen molar-refractivity contribution < 1.29 is 9.47 Å². The zero-order valence-electron chi connectivity index (χ0n) is 13.3. The van der Waals surface area contributed by atoms with E-state index in [1.54, 1.807) is 13.4 Å². The van der Waals surface area contributed by atoms with Crippen LogP contribution in [0.4, 0.5) is 11.6 Å². The molecule has 0 unspecified atom stereocenters. The SMILES string of the molecule is CCCNc1ncnc(N2CCC(OCC)CC2)c1OC. The molecule has 2 heterocycles. The highest BCUT2D eigenvalue weighted by Crippen LogP contribution is 2.33. The third-order valence-electron chi connectivity index (χ3n) is 3.68. The van der Waals surface area contributed by atoms with Gasteiger partial charge in [-0.15, -0.1) is 0 Å². The second-order valence-corrected chi connectivity index (χ2v) is 5.15. The van der Waals surface area contributed by atoms with Gasteiger partial charge in [0.25, 0.3) is 0 Å². The number of ether oxygens (including phenoxy) is 2. The van der Waals surface area contributed by atoms with Crippen LogP contribution in [-0.4, -0.2) is 49.4 Å². The summed E-state index contributed by atoms with van der Waals surface area (Å²) in [5, 5.41) is 3.29. The van der Waals surface area contributed by atoms with Crippen LogP contribution in [0.2, 0.25) is 0 Å². The molecule has 0 amide bonds. The van der Waals surface area contributed by atoms with Gasteiger partial charge in [0, 0.05) is 26.2 Å². The number of nitrogens with one attached hydrogen (secondary N) is 1. The van der Waals surface area contributed by atoms with E-state index in [0.717, 1.165) is 62.9 Å². The zero-order valence-corrected chi connectivity index (χ0v) is 13.3. The molecule has 1 aromatic rings. The van der Waals surface area contributed by atoms with Crippen LogP contribution in [0.3, 0.4) is 0 Å². The van der Waals surface area contributed by atoms with Crippen LogP contribution in [-0.2, 0) is 4.74 Å². The molecule has 0 spiro atoms. The smallest absolute Gasteiger partial charge is 0.204 e. The summed E-state index contributed by atoms with van der Waals surface area (Å²) in [5.74, 6) is 2.39. The summed E-state index contributed by atoms with van der Waals surface area (Å²) in [6, 6.07) is 0. The van der Waals surface area contributed by atoms with Crippen LogP contribution in [0.5, 0.6) is 5.75 Å². The first-order chi connectivity index (χ1) is 10.3. The Balaban J connectivity index is 2.09. The van der Waals surface area contributed by atoms with Crippen molar-refractivity contribution in [3.63, 3.8) is 0 Å². The van der Waals surface area contributed by atoms with Gasteiger partial charge >= 0.3 is 0 Å². The van der Waals surface area contributed by atoms with Crippen molar-refractivity contribution in [3.05, 3.63) is 6.33 Å². The van der Waals surface area contributed by atoms with E-state index < -0.39 is 0 Å². The third kappa shape index (κ3) is 3.97. The number of anilines is 2. The third-order valence-corrected chi connectivity index (χ3v) is 3.68. The summed E-state index contributed by atoms with van der Waals surface area (Å²) in [4.78, 5) is 11.0. The number of hydrogen-bond acceptors (Lipinski definition) is 6. The summed E-state index contributed by atoms with van der Waals surface area (Å²) >= 11 is 0. The minimum atomic E-state index is 0.372. The lowest BCUT2D eigenvalue weighted by Crippen LogP contribution is -2.37. The predicted octanol–water partition coefficient (Wildman–Crippen LogP) is 2.31. The number of piperidine rings is 1. The number of rotatable bonds is 7. The van der Waals surface area contributed by atoms with Crippen molar-refractivity contribution in [2.24, 2.45) is 0 Å². The van der Waals surface area contributed by atoms with Gasteiger partial charge in [-0.1, -0.05) is 6.92 Å². The Labute approximate surface area is 126 Å². The molecular formula is C15H26N4O2. The van der Waals surface area contributed by atoms with E-state index in [4.69, 9.17) is 9.47 Å². The maximum Gasteiger partial charge on any atom is 0.204 e. The highest BCUT2D eigenvalue weighted by Gasteiger charge is 2.24. The molecule has 21 heavy (non-hydrogen) atoms. The van der Waals surface area contributed by atoms with Gasteiger partial charge in [0.05, 0.1) is 13.2 Å². The van der Waals surface area contributed by atoms with Gasteiger partial charge < -0.3 is 19.7 Å². The molecular weight excluding hydrogens is 268 g/mol. The first-order valence-corrected chi connectivity index (χ1v) is 7.79. The number of aromatic nitrogens is 2. The fraction of sp³-hybridized carbons (Fsp3) is 0.733. The molecule has 1 fully saturated rings. The summed E-state index contributed by atoms with van der Waals surface area (Å²) in [6.45, 7) is 7.70. The van der Waals surface area contributed by atoms with Crippen molar-refractivity contribution in [2.75, 3.05) is 43.6 Å². The normalized spacial score (nSPS) is 16.0. The zero-order chi connectivity index (χ0) is 15.1. The molecule has 0 aliphatic carbocycles. The number of hydrogen-bond donors (Lipinski definition) is 1. The topological polar surface area (TPSA) is 59.5 Å². The summed E-state index contributed by atoms with van der Waals surface area (Å²) in [6.07, 6.45) is 5.07. The summed E-state index contributed by atoms with van der Waals surface area (Å²) in [5.41, 5.74) is 0. The number of methoxy groups -OCH3 is 1. The number of nitrogens with zero attached hydrogens (tertiary/aromatic N) is 3. The van der Waals surface area contributed by atoms with Crippen molar-refractivity contribution in [3.8, 4) is 5.75 Å².